The van der Waals surface area contributed by atoms with E-state index in [2.05, 4.69) is 21.9 Å². The topological polar surface area (TPSA) is 68.5 Å². The van der Waals surface area contributed by atoms with Gasteiger partial charge in [0.05, 0.1) is 23.8 Å². The molecule has 0 unspecified atom stereocenters. The minimum Gasteiger partial charge on any atom is -0.346 e. The molecule has 4 aromatic rings. The summed E-state index contributed by atoms with van der Waals surface area (Å²) in [7, 11) is 0. The van der Waals surface area contributed by atoms with Crippen LogP contribution in [0.5, 0.6) is 0 Å². The molecule has 0 saturated heterocycles. The predicted molar refractivity (Wildman–Crippen MR) is 106 cm³/mol. The molecule has 1 N–H and O–H groups in total. The molecule has 6 nitrogen and oxygen atoms in total. The van der Waals surface area contributed by atoms with Crippen LogP contribution in [0.1, 0.15) is 44.2 Å². The van der Waals surface area contributed by atoms with Crippen molar-refractivity contribution in [3.63, 3.8) is 0 Å². The summed E-state index contributed by atoms with van der Waals surface area (Å²) in [6.45, 7) is 2.78. The second-order valence-corrected chi connectivity index (χ2v) is 7.66. The van der Waals surface area contributed by atoms with Gasteiger partial charge in [-0.2, -0.15) is 0 Å². The van der Waals surface area contributed by atoms with Gasteiger partial charge < -0.3 is 4.98 Å². The Kier molecular flexibility index (Phi) is 3.85. The minimum atomic E-state index is 0.0584. The molecule has 27 heavy (non-hydrogen) atoms. The van der Waals surface area contributed by atoms with Gasteiger partial charge in [0, 0.05) is 30.0 Å². The van der Waals surface area contributed by atoms with Gasteiger partial charge in [-0.1, -0.05) is 25.8 Å². The Balaban J connectivity index is 1.78. The first-order chi connectivity index (χ1) is 13.2. The van der Waals surface area contributed by atoms with Gasteiger partial charge in [0.2, 0.25) is 0 Å². The van der Waals surface area contributed by atoms with Gasteiger partial charge in [0.1, 0.15) is 5.65 Å². The molecule has 2 atom stereocenters. The molecule has 4 aromatic heterocycles. The number of imidazole rings is 1. The van der Waals surface area contributed by atoms with Crippen LogP contribution in [0, 0.1) is 5.92 Å². The van der Waals surface area contributed by atoms with E-state index in [1.807, 2.05) is 45.9 Å². The van der Waals surface area contributed by atoms with E-state index in [1.54, 1.807) is 6.20 Å². The normalized spacial score (nSPS) is 20.5. The zero-order valence-corrected chi connectivity index (χ0v) is 15.4. The number of pyridine rings is 2. The van der Waals surface area contributed by atoms with E-state index >= 15 is 0 Å². The second-order valence-electron chi connectivity index (χ2n) is 7.66. The van der Waals surface area contributed by atoms with Crippen molar-refractivity contribution in [2.45, 2.75) is 45.2 Å². The summed E-state index contributed by atoms with van der Waals surface area (Å²) in [5, 5.41) is 1.02. The van der Waals surface area contributed by atoms with Crippen LogP contribution in [0.2, 0.25) is 0 Å². The van der Waals surface area contributed by atoms with E-state index in [1.165, 1.54) is 19.3 Å². The van der Waals surface area contributed by atoms with Gasteiger partial charge >= 0.3 is 5.69 Å². The third-order valence-electron chi connectivity index (χ3n) is 5.97. The standard InChI is InChI=1S/C21H23N5O/c1-14-5-2-3-7-17(14)26-19-16-8-10-23-20(16)24-12-18(19)25(21(26)27)13-15-6-4-9-22-11-15/h4,6,8-12,14,17H,2-3,5,7,13H2,1H3,(H,23,24)/t14-,17+/m1/s1. The Hall–Kier alpha value is -2.89. The van der Waals surface area contributed by atoms with Crippen molar-refractivity contribution >= 4 is 22.1 Å². The van der Waals surface area contributed by atoms with Gasteiger partial charge in [-0.15, -0.1) is 0 Å². The number of H-pyrrole nitrogens is 1. The summed E-state index contributed by atoms with van der Waals surface area (Å²) in [5.74, 6) is 0.496. The molecule has 4 heterocycles. The van der Waals surface area contributed by atoms with Crippen LogP contribution in [-0.2, 0) is 6.54 Å². The highest BCUT2D eigenvalue weighted by atomic mass is 16.1. The average Bonchev–Trinajstić information content (AvgIpc) is 3.27. The summed E-state index contributed by atoms with van der Waals surface area (Å²) in [6.07, 6.45) is 12.0. The molecule has 0 aromatic carbocycles. The number of rotatable bonds is 3. The maximum atomic E-state index is 13.6. The van der Waals surface area contributed by atoms with E-state index in [0.717, 1.165) is 34.1 Å². The molecule has 6 heteroatoms. The highest BCUT2D eigenvalue weighted by molar-refractivity contribution is 6.01. The highest BCUT2D eigenvalue weighted by Crippen LogP contribution is 2.36. The fourth-order valence-electron chi connectivity index (χ4n) is 4.58. The lowest BCUT2D eigenvalue weighted by atomic mass is 9.85. The zero-order chi connectivity index (χ0) is 18.4. The maximum absolute atomic E-state index is 13.6. The molecule has 0 spiro atoms. The summed E-state index contributed by atoms with van der Waals surface area (Å²) < 4.78 is 3.90. The number of nitrogens with zero attached hydrogens (tertiary/aromatic N) is 4. The lowest BCUT2D eigenvalue weighted by molar-refractivity contribution is 0.256. The van der Waals surface area contributed by atoms with Crippen molar-refractivity contribution in [1.82, 2.24) is 24.1 Å². The second kappa shape index (κ2) is 6.37. The number of nitrogens with one attached hydrogen (secondary N) is 1. The molecular weight excluding hydrogens is 338 g/mol. The van der Waals surface area contributed by atoms with Gasteiger partial charge in [0.15, 0.2) is 0 Å². The predicted octanol–water partition coefficient (Wildman–Crippen LogP) is 3.87. The lowest BCUT2D eigenvalue weighted by Crippen LogP contribution is -2.32. The Bertz CT molecular complexity index is 1150. The van der Waals surface area contributed by atoms with Crippen LogP contribution in [0.4, 0.5) is 0 Å². The number of hydrogen-bond donors (Lipinski definition) is 1. The molecule has 5 rings (SSSR count). The van der Waals surface area contributed by atoms with Gasteiger partial charge in [-0.05, 0) is 36.5 Å². The van der Waals surface area contributed by atoms with Crippen molar-refractivity contribution in [2.24, 2.45) is 5.92 Å². The van der Waals surface area contributed by atoms with Gasteiger partial charge in [-0.25, -0.2) is 9.78 Å². The SMILES string of the molecule is C[C@@H]1CCCC[C@@H]1n1c(=O)n(Cc2cccnc2)c2cnc3[nH]ccc3c21. The van der Waals surface area contributed by atoms with Crippen molar-refractivity contribution < 1.29 is 0 Å². The molecular formula is C21H23N5O. The van der Waals surface area contributed by atoms with E-state index in [0.29, 0.717) is 12.5 Å². The lowest BCUT2D eigenvalue weighted by Gasteiger charge is -2.29. The van der Waals surface area contributed by atoms with Crippen molar-refractivity contribution in [1.29, 1.82) is 0 Å². The van der Waals surface area contributed by atoms with E-state index in [9.17, 15) is 4.79 Å². The molecule has 0 radical (unpaired) electrons. The number of fused-ring (bicyclic) bond motifs is 3. The Morgan fingerprint density at radius 3 is 2.93 bits per heavy atom. The molecule has 1 aliphatic carbocycles. The smallest absolute Gasteiger partial charge is 0.329 e. The molecule has 0 amide bonds. The van der Waals surface area contributed by atoms with Gasteiger partial charge in [-0.3, -0.25) is 14.1 Å². The first-order valence-electron chi connectivity index (χ1n) is 9.70. The van der Waals surface area contributed by atoms with Crippen LogP contribution in [0.15, 0.2) is 47.8 Å². The molecule has 1 aliphatic rings. The van der Waals surface area contributed by atoms with E-state index in [-0.39, 0.29) is 11.7 Å². The zero-order valence-electron chi connectivity index (χ0n) is 15.4. The first-order valence-corrected chi connectivity index (χ1v) is 9.70. The Morgan fingerprint density at radius 2 is 2.11 bits per heavy atom. The Morgan fingerprint density at radius 1 is 1.22 bits per heavy atom. The van der Waals surface area contributed by atoms with E-state index < -0.39 is 0 Å². The van der Waals surface area contributed by atoms with Crippen LogP contribution in [0.3, 0.4) is 0 Å². The van der Waals surface area contributed by atoms with E-state index in [4.69, 9.17) is 0 Å². The minimum absolute atomic E-state index is 0.0584. The molecule has 0 aliphatic heterocycles. The van der Waals surface area contributed by atoms with Crippen molar-refractivity contribution in [2.75, 3.05) is 0 Å². The molecule has 1 fully saturated rings. The highest BCUT2D eigenvalue weighted by Gasteiger charge is 2.28. The van der Waals surface area contributed by atoms with Crippen molar-refractivity contribution in [3.05, 3.63) is 59.0 Å². The van der Waals surface area contributed by atoms with Crippen LogP contribution in [-0.4, -0.2) is 24.1 Å². The number of hydrogen-bond acceptors (Lipinski definition) is 3. The van der Waals surface area contributed by atoms with Crippen LogP contribution in [0.25, 0.3) is 22.1 Å². The first kappa shape index (κ1) is 16.3. The summed E-state index contributed by atoms with van der Waals surface area (Å²) in [5.41, 5.74) is 3.81. The molecule has 1 saturated carbocycles. The third kappa shape index (κ3) is 2.59. The van der Waals surface area contributed by atoms with Crippen molar-refractivity contribution in [3.8, 4) is 0 Å². The molecule has 138 valence electrons. The fourth-order valence-corrected chi connectivity index (χ4v) is 4.58. The Labute approximate surface area is 156 Å². The van der Waals surface area contributed by atoms with Crippen LogP contribution >= 0.6 is 0 Å². The monoisotopic (exact) mass is 361 g/mol. The molecule has 0 bridgehead atoms. The average molecular weight is 361 g/mol. The summed E-state index contributed by atoms with van der Waals surface area (Å²) in [6, 6.07) is 6.19. The quantitative estimate of drug-likeness (QED) is 0.602. The fraction of sp³-hybridized carbons (Fsp3) is 0.381. The third-order valence-corrected chi connectivity index (χ3v) is 5.97. The summed E-state index contributed by atoms with van der Waals surface area (Å²) >= 11 is 0. The summed E-state index contributed by atoms with van der Waals surface area (Å²) in [4.78, 5) is 25.5. The van der Waals surface area contributed by atoms with Gasteiger partial charge in [0.25, 0.3) is 0 Å². The maximum Gasteiger partial charge on any atom is 0.329 e. The van der Waals surface area contributed by atoms with Crippen LogP contribution < -0.4 is 5.69 Å². The number of aromatic amines is 1. The number of aromatic nitrogens is 5. The largest absolute Gasteiger partial charge is 0.346 e.